The van der Waals surface area contributed by atoms with Gasteiger partial charge in [-0.25, -0.2) is 0 Å². The van der Waals surface area contributed by atoms with Crippen LogP contribution in [-0.4, -0.2) is 72.5 Å². The van der Waals surface area contributed by atoms with Crippen molar-refractivity contribution in [3.05, 3.63) is 94.3 Å². The first-order valence-corrected chi connectivity index (χ1v) is 13.7. The molecule has 5 N–H and O–H groups in total. The number of aromatic amines is 1. The first-order chi connectivity index (χ1) is 19.5. The summed E-state index contributed by atoms with van der Waals surface area (Å²) in [5.74, 6) is 2.33. The summed E-state index contributed by atoms with van der Waals surface area (Å²) in [6.45, 7) is 6.84. The molecule has 9 nitrogen and oxygen atoms in total. The lowest BCUT2D eigenvalue weighted by Gasteiger charge is -2.26. The Kier molecular flexibility index (Phi) is 9.30. The fourth-order valence-electron chi connectivity index (χ4n) is 4.82. The average Bonchev–Trinajstić information content (AvgIpc) is 2.98. The van der Waals surface area contributed by atoms with E-state index in [9.17, 15) is 15.0 Å². The zero-order valence-electron chi connectivity index (χ0n) is 22.4. The minimum atomic E-state index is -0.784. The Morgan fingerprint density at radius 1 is 0.900 bits per heavy atom. The van der Waals surface area contributed by atoms with Crippen molar-refractivity contribution >= 4 is 10.9 Å². The maximum absolute atomic E-state index is 11.6. The van der Waals surface area contributed by atoms with Crippen LogP contribution in [0, 0.1) is 0 Å². The van der Waals surface area contributed by atoms with Crippen LogP contribution in [0.15, 0.2) is 77.6 Å². The monoisotopic (exact) mass is 544 g/mol. The lowest BCUT2D eigenvalue weighted by Crippen LogP contribution is -2.44. The van der Waals surface area contributed by atoms with Gasteiger partial charge in [-0.1, -0.05) is 18.2 Å². The topological polar surface area (TPSA) is 119 Å². The highest BCUT2D eigenvalue weighted by Gasteiger charge is 2.14. The number of nitrogens with one attached hydrogen (secondary N) is 3. The molecule has 0 unspecified atom stereocenters. The Morgan fingerprint density at radius 3 is 2.35 bits per heavy atom. The molecule has 1 saturated heterocycles. The number of rotatable bonds is 12. The predicted molar refractivity (Wildman–Crippen MR) is 156 cm³/mol. The van der Waals surface area contributed by atoms with E-state index in [0.29, 0.717) is 36.2 Å². The van der Waals surface area contributed by atoms with Crippen molar-refractivity contribution in [1.29, 1.82) is 0 Å². The zero-order chi connectivity index (χ0) is 27.7. The molecular formula is C31H36N4O5. The number of aliphatic hydroxyl groups is 1. The molecule has 0 radical (unpaired) electrons. The fourth-order valence-corrected chi connectivity index (χ4v) is 4.82. The minimum Gasteiger partial charge on any atom is -0.506 e. The average molecular weight is 545 g/mol. The lowest BCUT2D eigenvalue weighted by atomic mass is 10.0. The molecule has 40 heavy (non-hydrogen) atoms. The molecule has 3 aromatic carbocycles. The van der Waals surface area contributed by atoms with Crippen LogP contribution in [0.2, 0.25) is 0 Å². The number of hydrogen-bond acceptors (Lipinski definition) is 8. The number of hydrogen-bond donors (Lipinski definition) is 5. The van der Waals surface area contributed by atoms with E-state index in [-0.39, 0.29) is 11.3 Å². The summed E-state index contributed by atoms with van der Waals surface area (Å²) in [6, 6.07) is 21.8. The first-order valence-electron chi connectivity index (χ1n) is 13.7. The van der Waals surface area contributed by atoms with Gasteiger partial charge in [0.1, 0.15) is 29.6 Å². The number of phenolic OH excluding ortho intramolecular Hbond substituents is 1. The number of nitrogens with zero attached hydrogens (tertiary/aromatic N) is 1. The summed E-state index contributed by atoms with van der Waals surface area (Å²) in [5.41, 5.74) is 1.82. The molecule has 0 bridgehead atoms. The van der Waals surface area contributed by atoms with Gasteiger partial charge in [0.2, 0.25) is 5.56 Å². The van der Waals surface area contributed by atoms with Gasteiger partial charge in [-0.05, 0) is 72.6 Å². The van der Waals surface area contributed by atoms with Gasteiger partial charge in [0.05, 0.1) is 11.6 Å². The van der Waals surface area contributed by atoms with Crippen LogP contribution in [0.3, 0.4) is 0 Å². The standard InChI is InChI=1S/C31H36N4O5/c36-28-11-9-26(27-10-12-30(38)34-31(27)28)29(37)21-33-14-13-22-1-3-24(4-2-22)40-25-7-5-23(6-8-25)39-20-19-35-17-15-32-16-18-35/h1-12,29,32-33,36-37H,13-21H2,(H,34,38)/t29-/m0/s1. The van der Waals surface area contributed by atoms with Crippen LogP contribution < -0.4 is 25.7 Å². The van der Waals surface area contributed by atoms with Crippen LogP contribution in [-0.2, 0) is 6.42 Å². The zero-order valence-corrected chi connectivity index (χ0v) is 22.4. The third-order valence-electron chi connectivity index (χ3n) is 7.06. The SMILES string of the molecule is O=c1ccc2c([C@@H](O)CNCCc3ccc(Oc4ccc(OCCN5CCNCC5)cc4)cc3)ccc(O)c2[nH]1. The Morgan fingerprint density at radius 2 is 1.60 bits per heavy atom. The molecule has 1 aromatic heterocycles. The molecule has 1 atom stereocenters. The van der Waals surface area contributed by atoms with E-state index in [2.05, 4.69) is 20.5 Å². The molecule has 0 amide bonds. The second kappa shape index (κ2) is 13.5. The largest absolute Gasteiger partial charge is 0.506 e. The molecule has 4 aromatic rings. The van der Waals surface area contributed by atoms with Crippen LogP contribution in [0.25, 0.3) is 10.9 Å². The van der Waals surface area contributed by atoms with Gasteiger partial charge < -0.3 is 35.3 Å². The Balaban J connectivity index is 1.04. The summed E-state index contributed by atoms with van der Waals surface area (Å²) < 4.78 is 11.9. The summed E-state index contributed by atoms with van der Waals surface area (Å²) in [7, 11) is 0. The van der Waals surface area contributed by atoms with E-state index >= 15 is 0 Å². The number of aromatic nitrogens is 1. The Hall–Kier alpha value is -3.89. The van der Waals surface area contributed by atoms with Gasteiger partial charge in [-0.3, -0.25) is 9.69 Å². The highest BCUT2D eigenvalue weighted by molar-refractivity contribution is 5.87. The molecule has 0 aliphatic carbocycles. The van der Waals surface area contributed by atoms with Gasteiger partial charge in [0, 0.05) is 50.7 Å². The number of aromatic hydroxyl groups is 1. The summed E-state index contributed by atoms with van der Waals surface area (Å²) >= 11 is 0. The highest BCUT2D eigenvalue weighted by Crippen LogP contribution is 2.28. The van der Waals surface area contributed by atoms with Crippen LogP contribution in [0.5, 0.6) is 23.0 Å². The van der Waals surface area contributed by atoms with Crippen molar-refractivity contribution in [3.63, 3.8) is 0 Å². The number of pyridine rings is 1. The molecule has 1 aliphatic rings. The van der Waals surface area contributed by atoms with E-state index in [1.54, 1.807) is 12.1 Å². The van der Waals surface area contributed by atoms with Crippen LogP contribution in [0.1, 0.15) is 17.2 Å². The van der Waals surface area contributed by atoms with Gasteiger partial charge in [-0.15, -0.1) is 0 Å². The van der Waals surface area contributed by atoms with E-state index < -0.39 is 6.10 Å². The van der Waals surface area contributed by atoms with Gasteiger partial charge >= 0.3 is 0 Å². The smallest absolute Gasteiger partial charge is 0.248 e. The number of phenols is 1. The van der Waals surface area contributed by atoms with Gasteiger partial charge in [-0.2, -0.15) is 0 Å². The Labute approximate surface area is 233 Å². The van der Waals surface area contributed by atoms with Crippen LogP contribution >= 0.6 is 0 Å². The van der Waals surface area contributed by atoms with Crippen LogP contribution in [0.4, 0.5) is 0 Å². The van der Waals surface area contributed by atoms with E-state index in [4.69, 9.17) is 9.47 Å². The molecule has 1 fully saturated rings. The second-order valence-electron chi connectivity index (χ2n) is 9.91. The number of fused-ring (bicyclic) bond motifs is 1. The maximum Gasteiger partial charge on any atom is 0.248 e. The Bertz CT molecular complexity index is 1430. The van der Waals surface area contributed by atoms with Crippen molar-refractivity contribution in [2.24, 2.45) is 0 Å². The van der Waals surface area contributed by atoms with Crippen molar-refractivity contribution < 1.29 is 19.7 Å². The number of piperazine rings is 1. The molecule has 210 valence electrons. The van der Waals surface area contributed by atoms with E-state index in [1.165, 1.54) is 12.1 Å². The maximum atomic E-state index is 11.6. The van der Waals surface area contributed by atoms with Crippen molar-refractivity contribution in [1.82, 2.24) is 20.5 Å². The van der Waals surface area contributed by atoms with Gasteiger partial charge in [0.25, 0.3) is 0 Å². The molecule has 2 heterocycles. The third-order valence-corrected chi connectivity index (χ3v) is 7.06. The van der Waals surface area contributed by atoms with Gasteiger partial charge in [0.15, 0.2) is 0 Å². The molecule has 1 aliphatic heterocycles. The minimum absolute atomic E-state index is 0.0214. The highest BCUT2D eigenvalue weighted by atomic mass is 16.5. The van der Waals surface area contributed by atoms with E-state index in [1.807, 2.05) is 48.5 Å². The summed E-state index contributed by atoms with van der Waals surface area (Å²) in [5, 5.41) is 28.0. The second-order valence-corrected chi connectivity index (χ2v) is 9.91. The molecular weight excluding hydrogens is 508 g/mol. The van der Waals surface area contributed by atoms with E-state index in [0.717, 1.165) is 62.0 Å². The lowest BCUT2D eigenvalue weighted by molar-refractivity contribution is 0.176. The summed E-state index contributed by atoms with van der Waals surface area (Å²) in [4.78, 5) is 16.6. The van der Waals surface area contributed by atoms with Crippen molar-refractivity contribution in [2.75, 3.05) is 52.4 Å². The molecule has 9 heteroatoms. The molecule has 0 spiro atoms. The fraction of sp³-hybridized carbons (Fsp3) is 0.323. The number of H-pyrrole nitrogens is 1. The quantitative estimate of drug-likeness (QED) is 0.173. The first kappa shape index (κ1) is 27.7. The summed E-state index contributed by atoms with van der Waals surface area (Å²) in [6.07, 6.45) is 0.00478. The number of ether oxygens (including phenoxy) is 2. The van der Waals surface area contributed by atoms with Crippen molar-refractivity contribution in [3.8, 4) is 23.0 Å². The molecule has 5 rings (SSSR count). The molecule has 0 saturated carbocycles. The predicted octanol–water partition coefficient (Wildman–Crippen LogP) is 3.18. The number of aliphatic hydroxyl groups excluding tert-OH is 1. The van der Waals surface area contributed by atoms with Crippen molar-refractivity contribution in [2.45, 2.75) is 12.5 Å². The number of benzene rings is 3. The normalized spacial score (nSPS) is 14.7. The third kappa shape index (κ3) is 7.40.